The van der Waals surface area contributed by atoms with Crippen molar-refractivity contribution in [3.8, 4) is 0 Å². The Morgan fingerprint density at radius 1 is 1.23 bits per heavy atom. The summed E-state index contributed by atoms with van der Waals surface area (Å²) in [4.78, 5) is 22.8. The molecule has 2 rings (SSSR count). The molecule has 22 heavy (non-hydrogen) atoms. The van der Waals surface area contributed by atoms with Crippen molar-refractivity contribution in [2.45, 2.75) is 61.8 Å². The summed E-state index contributed by atoms with van der Waals surface area (Å²) < 4.78 is 0. The largest absolute Gasteiger partial charge is 0.342 e. The van der Waals surface area contributed by atoms with Crippen LogP contribution in [-0.2, 0) is 9.59 Å². The fourth-order valence-corrected chi connectivity index (χ4v) is 2.90. The van der Waals surface area contributed by atoms with E-state index in [0.717, 1.165) is 31.2 Å². The van der Waals surface area contributed by atoms with Gasteiger partial charge in [0.15, 0.2) is 0 Å². The van der Waals surface area contributed by atoms with Crippen molar-refractivity contribution >= 4 is 25.0 Å². The van der Waals surface area contributed by atoms with E-state index in [9.17, 15) is 4.79 Å². The third-order valence-corrected chi connectivity index (χ3v) is 4.16. The number of rotatable bonds is 1. The molecule has 5 heteroatoms. The van der Waals surface area contributed by atoms with Gasteiger partial charge in [0.2, 0.25) is 5.91 Å². The summed E-state index contributed by atoms with van der Waals surface area (Å²) in [6.45, 7) is 18.5. The van der Waals surface area contributed by atoms with E-state index in [4.69, 9.17) is 4.79 Å². The smallest absolute Gasteiger partial charge is 0.223 e. The number of aldehydes is 1. The number of nitrogens with two attached hydrogens (primary N) is 1. The fraction of sp³-hybridized carbons (Fsp3) is 0.882. The molecule has 0 bridgehead atoms. The Hall–Kier alpha value is -0.550. The molecule has 2 atom stereocenters. The molecule has 1 heterocycles. The number of amides is 1. The zero-order valence-corrected chi connectivity index (χ0v) is 16.5. The predicted molar refractivity (Wildman–Crippen MR) is 97.7 cm³/mol. The second-order valence-corrected chi connectivity index (χ2v) is 7.31. The number of carbonyl (C=O) groups excluding carboxylic acids is 2. The number of piperidine rings is 1. The summed E-state index contributed by atoms with van der Waals surface area (Å²) in [5.74, 6) is 1.91. The van der Waals surface area contributed by atoms with Crippen LogP contribution in [0.5, 0.6) is 0 Å². The van der Waals surface area contributed by atoms with Crippen LogP contribution in [0.1, 0.15) is 61.8 Å². The molecule has 0 aromatic carbocycles. The van der Waals surface area contributed by atoms with E-state index in [2.05, 4.69) is 57.5 Å². The molecule has 0 aromatic rings. The standard InChI is InChI=1S/C13H23NO.C2H4O.C2H6.H3NS/c1-12(2,3)6-11(15)14-7-9-10(8-14)13(9,4)5;1-2-3;2*1-2/h9-10H,6-8H2,1-5H3;2H,1H3;1-2H3;2H,1H2. The molecule has 1 saturated carbocycles. The van der Waals surface area contributed by atoms with E-state index in [1.807, 2.05) is 13.8 Å². The van der Waals surface area contributed by atoms with Gasteiger partial charge in [0, 0.05) is 19.5 Å². The van der Waals surface area contributed by atoms with Crippen molar-refractivity contribution in [3.63, 3.8) is 0 Å². The van der Waals surface area contributed by atoms with Gasteiger partial charge >= 0.3 is 0 Å². The zero-order chi connectivity index (χ0) is 18.1. The molecule has 4 nitrogen and oxygen atoms in total. The molecule has 2 N–H and O–H groups in total. The minimum atomic E-state index is 0.124. The van der Waals surface area contributed by atoms with E-state index in [1.54, 1.807) is 0 Å². The molecule has 132 valence electrons. The second kappa shape index (κ2) is 10.3. The van der Waals surface area contributed by atoms with Crippen LogP contribution in [0, 0.1) is 22.7 Å². The number of fused-ring (bicyclic) bond motifs is 1. The maximum atomic E-state index is 12.0. The molecule has 0 aromatic heterocycles. The van der Waals surface area contributed by atoms with Crippen molar-refractivity contribution in [2.75, 3.05) is 13.1 Å². The highest BCUT2D eigenvalue weighted by molar-refractivity contribution is 7.77. The lowest BCUT2D eigenvalue weighted by Crippen LogP contribution is -2.35. The first-order chi connectivity index (χ1) is 10.1. The van der Waals surface area contributed by atoms with E-state index < -0.39 is 0 Å². The quantitative estimate of drug-likeness (QED) is 0.570. The summed E-state index contributed by atoms with van der Waals surface area (Å²) in [6, 6.07) is 0. The Labute approximate surface area is 142 Å². The first-order valence-corrected chi connectivity index (χ1v) is 8.58. The Morgan fingerprint density at radius 3 is 1.82 bits per heavy atom. The maximum Gasteiger partial charge on any atom is 0.223 e. The van der Waals surface area contributed by atoms with Crippen LogP contribution in [0.25, 0.3) is 0 Å². The monoisotopic (exact) mass is 332 g/mol. The van der Waals surface area contributed by atoms with E-state index in [1.165, 1.54) is 6.92 Å². The Kier molecular flexibility index (Phi) is 11.1. The Bertz CT molecular complexity index is 324. The van der Waals surface area contributed by atoms with Crippen LogP contribution in [0.4, 0.5) is 0 Å². The normalized spacial score (nSPS) is 23.5. The third kappa shape index (κ3) is 7.14. The van der Waals surface area contributed by atoms with Gasteiger partial charge in [-0.15, -0.1) is 12.8 Å². The molecular formula is C17H36N2O2S. The zero-order valence-electron chi connectivity index (χ0n) is 15.6. The van der Waals surface area contributed by atoms with Crippen LogP contribution in [0.2, 0.25) is 0 Å². The predicted octanol–water partition coefficient (Wildman–Crippen LogP) is 3.56. The summed E-state index contributed by atoms with van der Waals surface area (Å²) in [6.07, 6.45) is 1.44. The number of hydrogen-bond acceptors (Lipinski definition) is 4. The van der Waals surface area contributed by atoms with Gasteiger partial charge in [-0.3, -0.25) is 9.93 Å². The van der Waals surface area contributed by atoms with Gasteiger partial charge in [-0.2, -0.15) is 0 Å². The Balaban J connectivity index is 0. The van der Waals surface area contributed by atoms with Crippen molar-refractivity contribution in [2.24, 2.45) is 27.8 Å². The summed E-state index contributed by atoms with van der Waals surface area (Å²) in [5, 5.41) is 4.19. The topological polar surface area (TPSA) is 63.4 Å². The van der Waals surface area contributed by atoms with Gasteiger partial charge in [0.05, 0.1) is 0 Å². The van der Waals surface area contributed by atoms with Crippen molar-refractivity contribution in [1.82, 2.24) is 4.90 Å². The van der Waals surface area contributed by atoms with Crippen LogP contribution in [0.15, 0.2) is 0 Å². The van der Waals surface area contributed by atoms with Crippen molar-refractivity contribution < 1.29 is 9.59 Å². The molecule has 1 aliphatic heterocycles. The highest BCUT2D eigenvalue weighted by Gasteiger charge is 2.62. The molecule has 0 spiro atoms. The molecule has 2 fully saturated rings. The molecule has 1 saturated heterocycles. The molecule has 2 aliphatic rings. The summed E-state index contributed by atoms with van der Waals surface area (Å²) >= 11 is 3.03. The van der Waals surface area contributed by atoms with Gasteiger partial charge in [-0.25, -0.2) is 0 Å². The second-order valence-electron chi connectivity index (χ2n) is 7.31. The highest BCUT2D eigenvalue weighted by Crippen LogP contribution is 2.62. The van der Waals surface area contributed by atoms with Gasteiger partial charge in [-0.05, 0) is 29.6 Å². The lowest BCUT2D eigenvalue weighted by molar-refractivity contribution is -0.132. The van der Waals surface area contributed by atoms with Gasteiger partial charge in [-0.1, -0.05) is 48.5 Å². The molecule has 0 radical (unpaired) electrons. The molecule has 1 aliphatic carbocycles. The van der Waals surface area contributed by atoms with E-state index in [0.29, 0.717) is 17.7 Å². The highest BCUT2D eigenvalue weighted by atomic mass is 32.1. The van der Waals surface area contributed by atoms with E-state index in [-0.39, 0.29) is 5.41 Å². The first-order valence-electron chi connectivity index (χ1n) is 8.07. The summed E-state index contributed by atoms with van der Waals surface area (Å²) in [7, 11) is 0. The number of nitrogens with zero attached hydrogens (tertiary/aromatic N) is 1. The Morgan fingerprint density at radius 2 is 1.55 bits per heavy atom. The fourth-order valence-electron chi connectivity index (χ4n) is 2.90. The number of hydrogen-bond donors (Lipinski definition) is 2. The molecular weight excluding hydrogens is 296 g/mol. The van der Waals surface area contributed by atoms with Crippen LogP contribution in [-0.4, -0.2) is 30.2 Å². The van der Waals surface area contributed by atoms with Crippen LogP contribution >= 0.6 is 12.8 Å². The van der Waals surface area contributed by atoms with Gasteiger partial charge in [0.1, 0.15) is 6.29 Å². The number of carbonyl (C=O) groups is 2. The van der Waals surface area contributed by atoms with Crippen LogP contribution in [0.3, 0.4) is 0 Å². The molecule has 1 amide bonds. The van der Waals surface area contributed by atoms with Crippen molar-refractivity contribution in [3.05, 3.63) is 0 Å². The third-order valence-electron chi connectivity index (χ3n) is 4.16. The van der Waals surface area contributed by atoms with Gasteiger partial charge < -0.3 is 9.69 Å². The van der Waals surface area contributed by atoms with Crippen molar-refractivity contribution in [1.29, 1.82) is 0 Å². The maximum absolute atomic E-state index is 12.0. The lowest BCUT2D eigenvalue weighted by atomic mass is 9.91. The average molecular weight is 333 g/mol. The minimum absolute atomic E-state index is 0.124. The minimum Gasteiger partial charge on any atom is -0.342 e. The number of likely N-dealkylation sites (tertiary alicyclic amines) is 1. The SMILES string of the molecule is CC.CC(C)(C)CC(=O)N1CC2C(C1)C2(C)C.CC=O.NS. The van der Waals surface area contributed by atoms with Gasteiger partial charge in [0.25, 0.3) is 0 Å². The van der Waals surface area contributed by atoms with Crippen LogP contribution < -0.4 is 5.14 Å². The van der Waals surface area contributed by atoms with E-state index >= 15 is 0 Å². The average Bonchev–Trinajstić information content (AvgIpc) is 2.83. The lowest BCUT2D eigenvalue weighted by Gasteiger charge is -2.26. The first kappa shape index (κ1) is 23.7. The summed E-state index contributed by atoms with van der Waals surface area (Å²) in [5.41, 5.74) is 0.637. The number of thiol groups is 1. The molecule has 2 unspecified atom stereocenters.